The smallest absolute Gasteiger partial charge is 0.335 e. The molecule has 1 aromatic heterocycles. The van der Waals surface area contributed by atoms with E-state index in [-0.39, 0.29) is 40.1 Å². The Balaban J connectivity index is 1.50. The summed E-state index contributed by atoms with van der Waals surface area (Å²) in [5, 5.41) is 18.5. The largest absolute Gasteiger partial charge is 0.495 e. The number of nitrogens with zero attached hydrogens (tertiary/aromatic N) is 2. The van der Waals surface area contributed by atoms with Crippen molar-refractivity contribution in [2.75, 3.05) is 17.7 Å². The highest BCUT2D eigenvalue weighted by atomic mass is 35.5. The summed E-state index contributed by atoms with van der Waals surface area (Å²) >= 11 is 6.50. The van der Waals surface area contributed by atoms with Gasteiger partial charge in [0.05, 0.1) is 23.9 Å². The lowest BCUT2D eigenvalue weighted by molar-refractivity contribution is -0.113. The van der Waals surface area contributed by atoms with Gasteiger partial charge in [-0.25, -0.2) is 14.2 Å². The number of carbonyl (C=O) groups excluding carboxylic acids is 1. The fourth-order valence-corrected chi connectivity index (χ4v) is 4.38. The normalized spacial score (nSPS) is 15.0. The van der Waals surface area contributed by atoms with Crippen molar-refractivity contribution in [3.63, 3.8) is 0 Å². The van der Waals surface area contributed by atoms with Crippen LogP contribution in [-0.2, 0) is 4.79 Å². The molecule has 1 aliphatic rings. The molecule has 0 aliphatic carbocycles. The number of carbonyl (C=O) groups is 2. The van der Waals surface area contributed by atoms with Crippen LogP contribution < -0.4 is 20.7 Å². The number of carboxylic acids is 1. The van der Waals surface area contributed by atoms with Gasteiger partial charge in [-0.15, -0.1) is 0 Å². The lowest BCUT2D eigenvalue weighted by Crippen LogP contribution is -2.37. The molecule has 0 saturated carbocycles. The minimum absolute atomic E-state index is 0.0241. The summed E-state index contributed by atoms with van der Waals surface area (Å²) in [6.45, 7) is 1.68. The van der Waals surface area contributed by atoms with Crippen LogP contribution in [0.1, 0.15) is 28.9 Å². The van der Waals surface area contributed by atoms with E-state index in [1.54, 1.807) is 31.2 Å². The van der Waals surface area contributed by atoms with Crippen LogP contribution in [0.15, 0.2) is 81.3 Å². The molecule has 0 spiro atoms. The van der Waals surface area contributed by atoms with E-state index >= 15 is 0 Å². The van der Waals surface area contributed by atoms with Crippen LogP contribution in [0.4, 0.5) is 16.1 Å². The van der Waals surface area contributed by atoms with Crippen molar-refractivity contribution in [1.29, 1.82) is 0 Å². The van der Waals surface area contributed by atoms with Crippen LogP contribution in [0.2, 0.25) is 5.02 Å². The standard InChI is InChI=1S/C27H21ClFN5O5/c1-13-22(24(35)31-19-11-14(25(36)37)7-10-20(19)38-2)23(16-5-3-4-6-17(16)28)33-26(30-13)34-27-32-18-9-8-15(29)12-21(18)39-27/h3-12,23H,1-2H3,(H,31,35)(H,36,37)(H2,30,32,33,34). The van der Waals surface area contributed by atoms with Crippen molar-refractivity contribution in [1.82, 2.24) is 10.3 Å². The minimum Gasteiger partial charge on any atom is -0.495 e. The highest BCUT2D eigenvalue weighted by Gasteiger charge is 2.31. The number of benzene rings is 3. The second kappa shape index (κ2) is 10.5. The van der Waals surface area contributed by atoms with Crippen molar-refractivity contribution in [3.05, 3.63) is 93.9 Å². The Morgan fingerprint density at radius 2 is 1.95 bits per heavy atom. The molecule has 0 radical (unpaired) electrons. The first kappa shape index (κ1) is 25.7. The minimum atomic E-state index is -1.15. The van der Waals surface area contributed by atoms with E-state index in [2.05, 4.69) is 25.9 Å². The molecule has 1 atom stereocenters. The monoisotopic (exact) mass is 549 g/mol. The summed E-state index contributed by atoms with van der Waals surface area (Å²) in [5.74, 6) is -1.67. The molecule has 3 aromatic carbocycles. The summed E-state index contributed by atoms with van der Waals surface area (Å²) in [7, 11) is 1.41. The summed E-state index contributed by atoms with van der Waals surface area (Å²) in [4.78, 5) is 34.1. The Bertz CT molecular complexity index is 1680. The summed E-state index contributed by atoms with van der Waals surface area (Å²) in [5.41, 5.74) is 2.07. The molecular formula is C27H21ClFN5O5. The van der Waals surface area contributed by atoms with Gasteiger partial charge in [-0.2, -0.15) is 4.98 Å². The fraction of sp³-hybridized carbons (Fsp3) is 0.111. The topological polar surface area (TPSA) is 138 Å². The third-order valence-electron chi connectivity index (χ3n) is 5.96. The van der Waals surface area contributed by atoms with E-state index in [0.29, 0.717) is 21.8 Å². The zero-order chi connectivity index (χ0) is 27.7. The molecule has 4 N–H and O–H groups in total. The number of allylic oxidation sites excluding steroid dienone is 1. The van der Waals surface area contributed by atoms with Gasteiger partial charge in [-0.3, -0.25) is 10.1 Å². The molecular weight excluding hydrogens is 529 g/mol. The lowest BCUT2D eigenvalue weighted by atomic mass is 9.95. The molecule has 1 aliphatic heterocycles. The van der Waals surface area contributed by atoms with E-state index in [1.165, 1.54) is 43.5 Å². The average Bonchev–Trinajstić information content (AvgIpc) is 3.29. The van der Waals surface area contributed by atoms with Crippen molar-refractivity contribution in [2.24, 2.45) is 4.99 Å². The van der Waals surface area contributed by atoms with E-state index in [4.69, 9.17) is 20.8 Å². The van der Waals surface area contributed by atoms with Gasteiger partial charge in [-0.05, 0) is 43.3 Å². The first-order valence-corrected chi connectivity index (χ1v) is 12.0. The number of oxazole rings is 1. The molecule has 4 aromatic rings. The Morgan fingerprint density at radius 3 is 2.69 bits per heavy atom. The average molecular weight is 550 g/mol. The number of ether oxygens (including phenoxy) is 1. The second-order valence-electron chi connectivity index (χ2n) is 8.50. The number of aromatic nitrogens is 1. The number of fused-ring (bicyclic) bond motifs is 1. The quantitative estimate of drug-likeness (QED) is 0.252. The SMILES string of the molecule is COc1ccc(C(=O)O)cc1NC(=O)C1=C(C)NC(Nc2nc3ccc(F)cc3o2)=NC1c1ccccc1Cl. The molecule has 0 saturated heterocycles. The number of halogens is 2. The third-order valence-corrected chi connectivity index (χ3v) is 6.30. The predicted molar refractivity (Wildman–Crippen MR) is 144 cm³/mol. The molecule has 5 rings (SSSR count). The Kier molecular flexibility index (Phi) is 6.90. The number of nitrogens with one attached hydrogen (secondary N) is 3. The van der Waals surface area contributed by atoms with Gasteiger partial charge in [0.2, 0.25) is 5.96 Å². The molecule has 2 heterocycles. The van der Waals surface area contributed by atoms with Crippen LogP contribution >= 0.6 is 11.6 Å². The number of aliphatic imine (C=N–C) groups is 1. The summed E-state index contributed by atoms with van der Waals surface area (Å²) < 4.78 is 24.5. The maximum atomic E-state index is 13.6. The third kappa shape index (κ3) is 5.25. The number of aromatic carboxylic acids is 1. The molecule has 10 nitrogen and oxygen atoms in total. The Labute approximate surface area is 226 Å². The zero-order valence-corrected chi connectivity index (χ0v) is 21.3. The van der Waals surface area contributed by atoms with Crippen molar-refractivity contribution in [2.45, 2.75) is 13.0 Å². The van der Waals surface area contributed by atoms with Gasteiger partial charge in [0.15, 0.2) is 5.58 Å². The molecule has 12 heteroatoms. The van der Waals surface area contributed by atoms with Crippen LogP contribution in [-0.4, -0.2) is 35.0 Å². The molecule has 0 fully saturated rings. The van der Waals surface area contributed by atoms with Gasteiger partial charge in [-0.1, -0.05) is 29.8 Å². The van der Waals surface area contributed by atoms with Crippen LogP contribution in [0, 0.1) is 5.82 Å². The van der Waals surface area contributed by atoms with Gasteiger partial charge in [0.1, 0.15) is 23.1 Å². The first-order chi connectivity index (χ1) is 18.7. The van der Waals surface area contributed by atoms with Crippen LogP contribution in [0.5, 0.6) is 5.75 Å². The molecule has 198 valence electrons. The fourth-order valence-electron chi connectivity index (χ4n) is 4.14. The van der Waals surface area contributed by atoms with Crippen molar-refractivity contribution < 1.29 is 28.2 Å². The van der Waals surface area contributed by atoms with E-state index < -0.39 is 23.7 Å². The molecule has 1 amide bonds. The van der Waals surface area contributed by atoms with E-state index in [1.807, 2.05) is 0 Å². The summed E-state index contributed by atoms with van der Waals surface area (Å²) in [6.07, 6.45) is 0. The maximum absolute atomic E-state index is 13.6. The van der Waals surface area contributed by atoms with Crippen LogP contribution in [0.25, 0.3) is 11.1 Å². The van der Waals surface area contributed by atoms with Gasteiger partial charge < -0.3 is 24.9 Å². The first-order valence-electron chi connectivity index (χ1n) is 11.6. The predicted octanol–water partition coefficient (Wildman–Crippen LogP) is 5.35. The number of amides is 1. The molecule has 0 bridgehead atoms. The van der Waals surface area contributed by atoms with Gasteiger partial charge in [0.25, 0.3) is 5.91 Å². The van der Waals surface area contributed by atoms with E-state index in [9.17, 15) is 19.1 Å². The Morgan fingerprint density at radius 1 is 1.15 bits per heavy atom. The number of guanidine groups is 1. The zero-order valence-electron chi connectivity index (χ0n) is 20.6. The highest BCUT2D eigenvalue weighted by Crippen LogP contribution is 2.36. The number of carboxylic acid groups (broad SMARTS) is 1. The van der Waals surface area contributed by atoms with Gasteiger partial charge in [0, 0.05) is 22.3 Å². The second-order valence-corrected chi connectivity index (χ2v) is 8.90. The van der Waals surface area contributed by atoms with E-state index in [0.717, 1.165) is 0 Å². The van der Waals surface area contributed by atoms with Crippen LogP contribution in [0.3, 0.4) is 0 Å². The number of methoxy groups -OCH3 is 1. The van der Waals surface area contributed by atoms with Crippen molar-refractivity contribution in [3.8, 4) is 5.75 Å². The molecule has 1 unspecified atom stereocenters. The number of hydrogen-bond donors (Lipinski definition) is 4. The lowest BCUT2D eigenvalue weighted by Gasteiger charge is -2.27. The highest BCUT2D eigenvalue weighted by molar-refractivity contribution is 6.31. The van der Waals surface area contributed by atoms with Gasteiger partial charge >= 0.3 is 12.0 Å². The summed E-state index contributed by atoms with van der Waals surface area (Å²) in [6, 6.07) is 14.3. The number of anilines is 2. The number of hydrogen-bond acceptors (Lipinski definition) is 8. The maximum Gasteiger partial charge on any atom is 0.335 e. The van der Waals surface area contributed by atoms with Crippen molar-refractivity contribution >= 4 is 52.2 Å². The molecule has 39 heavy (non-hydrogen) atoms. The number of rotatable bonds is 6. The Hall–Kier alpha value is -4.90.